The Balaban J connectivity index is 1.87. The smallest absolute Gasteiger partial charge is 0.193 e. The highest BCUT2D eigenvalue weighted by Crippen LogP contribution is 2.21. The Morgan fingerprint density at radius 3 is 3.14 bits per heavy atom. The van der Waals surface area contributed by atoms with Crippen LogP contribution in [0.1, 0.15) is 33.1 Å². The molecule has 120 valence electrons. The van der Waals surface area contributed by atoms with E-state index in [1.54, 1.807) is 0 Å². The van der Waals surface area contributed by atoms with Crippen molar-refractivity contribution >= 4 is 17.7 Å². The molecule has 0 aromatic carbocycles. The molecule has 1 unspecified atom stereocenters. The molecule has 2 rings (SSSR count). The summed E-state index contributed by atoms with van der Waals surface area (Å²) in [4.78, 5) is 7.28. The Labute approximate surface area is 133 Å². The van der Waals surface area contributed by atoms with E-state index in [0.717, 1.165) is 63.4 Å². The van der Waals surface area contributed by atoms with Gasteiger partial charge in [0.05, 0.1) is 13.2 Å². The first kappa shape index (κ1) is 16.7. The Bertz CT molecular complexity index is 371. The van der Waals surface area contributed by atoms with Crippen LogP contribution in [0.5, 0.6) is 0 Å². The number of aliphatic imine (C=N–C) groups is 1. The van der Waals surface area contributed by atoms with Gasteiger partial charge in [0, 0.05) is 37.2 Å². The van der Waals surface area contributed by atoms with Crippen molar-refractivity contribution in [3.05, 3.63) is 11.6 Å². The maximum atomic E-state index is 5.35. The predicted octanol–water partition coefficient (Wildman–Crippen LogP) is 2.52. The van der Waals surface area contributed by atoms with Crippen LogP contribution < -0.4 is 5.32 Å². The summed E-state index contributed by atoms with van der Waals surface area (Å²) in [5, 5.41) is 4.21. The highest BCUT2D eigenvalue weighted by molar-refractivity contribution is 8.00. The van der Waals surface area contributed by atoms with Gasteiger partial charge in [0.1, 0.15) is 0 Å². The first-order chi connectivity index (χ1) is 10.3. The van der Waals surface area contributed by atoms with Crippen molar-refractivity contribution in [3.8, 4) is 0 Å². The molecule has 0 saturated carbocycles. The number of thioether (sulfide) groups is 1. The van der Waals surface area contributed by atoms with Gasteiger partial charge in [0.15, 0.2) is 5.96 Å². The van der Waals surface area contributed by atoms with E-state index in [9.17, 15) is 0 Å². The second-order valence-corrected chi connectivity index (χ2v) is 6.93. The number of nitrogens with zero attached hydrogens (tertiary/aromatic N) is 2. The zero-order valence-electron chi connectivity index (χ0n) is 13.4. The fraction of sp³-hybridized carbons (Fsp3) is 0.812. The third kappa shape index (κ3) is 5.55. The molecular weight excluding hydrogens is 282 g/mol. The van der Waals surface area contributed by atoms with Gasteiger partial charge in [0.2, 0.25) is 0 Å². The Kier molecular flexibility index (Phi) is 7.44. The summed E-state index contributed by atoms with van der Waals surface area (Å²) in [6, 6.07) is 0. The number of ether oxygens (including phenoxy) is 1. The number of hydrogen-bond donors (Lipinski definition) is 1. The molecule has 0 radical (unpaired) electrons. The Morgan fingerprint density at radius 1 is 1.52 bits per heavy atom. The van der Waals surface area contributed by atoms with E-state index in [1.165, 1.54) is 17.7 Å². The van der Waals surface area contributed by atoms with E-state index < -0.39 is 0 Å². The van der Waals surface area contributed by atoms with Gasteiger partial charge in [-0.25, -0.2) is 0 Å². The van der Waals surface area contributed by atoms with Crippen LogP contribution in [-0.4, -0.2) is 61.3 Å². The summed E-state index contributed by atoms with van der Waals surface area (Å²) in [5.74, 6) is 2.31. The van der Waals surface area contributed by atoms with Crippen molar-refractivity contribution in [2.24, 2.45) is 4.99 Å². The van der Waals surface area contributed by atoms with Crippen LogP contribution in [0.2, 0.25) is 0 Å². The van der Waals surface area contributed by atoms with Gasteiger partial charge in [-0.3, -0.25) is 4.99 Å². The van der Waals surface area contributed by atoms with E-state index in [0.29, 0.717) is 0 Å². The van der Waals surface area contributed by atoms with Gasteiger partial charge in [0.25, 0.3) is 0 Å². The first-order valence-corrected chi connectivity index (χ1v) is 9.28. The third-order valence-corrected chi connectivity index (χ3v) is 5.35. The van der Waals surface area contributed by atoms with Crippen LogP contribution in [0.25, 0.3) is 0 Å². The van der Waals surface area contributed by atoms with E-state index >= 15 is 0 Å². The molecule has 0 spiro atoms. The molecular formula is C16H29N3OS. The van der Waals surface area contributed by atoms with E-state index in [2.05, 4.69) is 41.9 Å². The van der Waals surface area contributed by atoms with Gasteiger partial charge in [-0.15, -0.1) is 0 Å². The maximum absolute atomic E-state index is 5.35. The molecule has 1 atom stereocenters. The van der Waals surface area contributed by atoms with Gasteiger partial charge < -0.3 is 15.0 Å². The SMILES string of the molecule is CCNC(=NCCC1=CCOCC1)N1CCSC(CC)C1. The summed E-state index contributed by atoms with van der Waals surface area (Å²) in [5.41, 5.74) is 1.50. The molecule has 0 aliphatic carbocycles. The topological polar surface area (TPSA) is 36.9 Å². The summed E-state index contributed by atoms with van der Waals surface area (Å²) in [6.07, 6.45) is 5.60. The van der Waals surface area contributed by atoms with E-state index in [-0.39, 0.29) is 0 Å². The molecule has 2 aliphatic rings. The number of guanidine groups is 1. The van der Waals surface area contributed by atoms with Crippen molar-refractivity contribution in [2.45, 2.75) is 38.4 Å². The van der Waals surface area contributed by atoms with Gasteiger partial charge in [-0.05, 0) is 26.2 Å². The van der Waals surface area contributed by atoms with Crippen LogP contribution in [0, 0.1) is 0 Å². The Morgan fingerprint density at radius 2 is 2.43 bits per heavy atom. The molecule has 0 bridgehead atoms. The molecule has 4 nitrogen and oxygen atoms in total. The van der Waals surface area contributed by atoms with Crippen molar-refractivity contribution in [1.29, 1.82) is 0 Å². The molecule has 1 N–H and O–H groups in total. The van der Waals surface area contributed by atoms with Crippen molar-refractivity contribution in [2.75, 3.05) is 45.1 Å². The normalized spacial score (nSPS) is 23.9. The molecule has 0 amide bonds. The minimum Gasteiger partial charge on any atom is -0.377 e. The number of nitrogens with one attached hydrogen (secondary N) is 1. The van der Waals surface area contributed by atoms with Crippen LogP contribution >= 0.6 is 11.8 Å². The fourth-order valence-corrected chi connectivity index (χ4v) is 3.86. The minimum absolute atomic E-state index is 0.751. The summed E-state index contributed by atoms with van der Waals surface area (Å²) in [7, 11) is 0. The second-order valence-electron chi connectivity index (χ2n) is 5.52. The zero-order chi connectivity index (χ0) is 14.9. The van der Waals surface area contributed by atoms with Gasteiger partial charge in [-0.1, -0.05) is 18.6 Å². The predicted molar refractivity (Wildman–Crippen MR) is 92.2 cm³/mol. The summed E-state index contributed by atoms with van der Waals surface area (Å²) in [6.45, 7) is 10.1. The maximum Gasteiger partial charge on any atom is 0.193 e. The van der Waals surface area contributed by atoms with Crippen LogP contribution in [0.4, 0.5) is 0 Å². The highest BCUT2D eigenvalue weighted by atomic mass is 32.2. The largest absolute Gasteiger partial charge is 0.377 e. The quantitative estimate of drug-likeness (QED) is 0.481. The standard InChI is InChI=1S/C16H29N3OS/c1-3-15-13-19(9-12-21-15)16(17-4-2)18-8-5-14-6-10-20-11-7-14/h6,15H,3-5,7-13H2,1-2H3,(H,17,18). The third-order valence-electron chi connectivity index (χ3n) is 3.98. The lowest BCUT2D eigenvalue weighted by Crippen LogP contribution is -2.48. The van der Waals surface area contributed by atoms with E-state index in [1.807, 2.05) is 0 Å². The highest BCUT2D eigenvalue weighted by Gasteiger charge is 2.21. The molecule has 21 heavy (non-hydrogen) atoms. The minimum atomic E-state index is 0.751. The molecule has 2 aliphatic heterocycles. The van der Waals surface area contributed by atoms with Crippen LogP contribution in [0.3, 0.4) is 0 Å². The van der Waals surface area contributed by atoms with Crippen LogP contribution in [-0.2, 0) is 4.74 Å². The van der Waals surface area contributed by atoms with Crippen molar-refractivity contribution in [3.63, 3.8) is 0 Å². The molecule has 5 heteroatoms. The van der Waals surface area contributed by atoms with Crippen molar-refractivity contribution in [1.82, 2.24) is 10.2 Å². The summed E-state index contributed by atoms with van der Waals surface area (Å²) >= 11 is 2.10. The van der Waals surface area contributed by atoms with E-state index in [4.69, 9.17) is 9.73 Å². The average Bonchev–Trinajstić information content (AvgIpc) is 2.55. The molecule has 0 aromatic heterocycles. The Hall–Kier alpha value is -0.680. The van der Waals surface area contributed by atoms with Crippen LogP contribution in [0.15, 0.2) is 16.6 Å². The number of hydrogen-bond acceptors (Lipinski definition) is 3. The lowest BCUT2D eigenvalue weighted by Gasteiger charge is -2.34. The fourth-order valence-electron chi connectivity index (χ4n) is 2.68. The molecule has 2 heterocycles. The lowest BCUT2D eigenvalue weighted by molar-refractivity contribution is 0.153. The lowest BCUT2D eigenvalue weighted by atomic mass is 10.1. The van der Waals surface area contributed by atoms with Crippen molar-refractivity contribution < 1.29 is 4.74 Å². The molecule has 1 fully saturated rings. The molecule has 0 aromatic rings. The number of rotatable bonds is 5. The van der Waals surface area contributed by atoms with Gasteiger partial charge in [-0.2, -0.15) is 11.8 Å². The second kappa shape index (κ2) is 9.36. The van der Waals surface area contributed by atoms with Gasteiger partial charge >= 0.3 is 0 Å². The molecule has 1 saturated heterocycles. The average molecular weight is 311 g/mol. The first-order valence-electron chi connectivity index (χ1n) is 8.24. The monoisotopic (exact) mass is 311 g/mol. The summed E-state index contributed by atoms with van der Waals surface area (Å²) < 4.78 is 5.35. The zero-order valence-corrected chi connectivity index (χ0v) is 14.3.